The van der Waals surface area contributed by atoms with Crippen LogP contribution in [0, 0.1) is 0 Å². The lowest BCUT2D eigenvalue weighted by atomic mass is 9.86. The second-order valence-corrected chi connectivity index (χ2v) is 10.2. The molecule has 31 heavy (non-hydrogen) atoms. The van der Waals surface area contributed by atoms with Gasteiger partial charge >= 0.3 is 6.09 Å². The van der Waals surface area contributed by atoms with Crippen LogP contribution in [0.4, 0.5) is 10.5 Å². The Hall–Kier alpha value is -2.40. The second-order valence-electron chi connectivity index (χ2n) is 9.75. The minimum Gasteiger partial charge on any atom is -0.497 e. The van der Waals surface area contributed by atoms with Gasteiger partial charge in [0.05, 0.1) is 12.1 Å². The van der Waals surface area contributed by atoms with Crippen molar-refractivity contribution < 1.29 is 14.3 Å². The molecule has 3 aliphatic rings. The molecular weight excluding hydrogens is 412 g/mol. The van der Waals surface area contributed by atoms with Crippen molar-refractivity contribution in [3.8, 4) is 16.9 Å². The Labute approximate surface area is 188 Å². The van der Waals surface area contributed by atoms with Gasteiger partial charge in [0.15, 0.2) is 0 Å². The number of anilines is 1. The first-order valence-electron chi connectivity index (χ1n) is 11.0. The molecule has 1 saturated heterocycles. The standard InChI is InChI=1S/C25H29ClN2O3/c1-25(2,3)31-24(29)27-9-8-22-20(14-27)19-12-16(11-15-7-10-28(22)23(15)19)18-6-5-17(30-4)13-21(18)26/h5-6,11-13,20,22H,7-10,14H2,1-4H3/t20-,22-/m1/s1. The highest BCUT2D eigenvalue weighted by atomic mass is 35.5. The normalized spacial score (nSPS) is 21.7. The molecule has 5 nitrogen and oxygen atoms in total. The van der Waals surface area contributed by atoms with Crippen LogP contribution in [0.5, 0.6) is 5.75 Å². The molecule has 0 spiro atoms. The highest BCUT2D eigenvalue weighted by molar-refractivity contribution is 6.33. The van der Waals surface area contributed by atoms with E-state index in [-0.39, 0.29) is 6.09 Å². The second kappa shape index (κ2) is 7.33. The lowest BCUT2D eigenvalue weighted by Gasteiger charge is -2.38. The van der Waals surface area contributed by atoms with Crippen molar-refractivity contribution in [1.82, 2.24) is 4.90 Å². The number of nitrogens with zero attached hydrogens (tertiary/aromatic N) is 2. The van der Waals surface area contributed by atoms with Crippen molar-refractivity contribution in [1.29, 1.82) is 0 Å². The van der Waals surface area contributed by atoms with Gasteiger partial charge in [0, 0.05) is 42.8 Å². The maximum Gasteiger partial charge on any atom is 0.410 e. The van der Waals surface area contributed by atoms with Gasteiger partial charge in [-0.05, 0) is 80.6 Å². The maximum absolute atomic E-state index is 12.7. The lowest BCUT2D eigenvalue weighted by Crippen LogP contribution is -2.49. The molecule has 0 unspecified atom stereocenters. The third kappa shape index (κ3) is 3.53. The van der Waals surface area contributed by atoms with Crippen molar-refractivity contribution in [2.45, 2.75) is 51.2 Å². The topological polar surface area (TPSA) is 42.0 Å². The number of hydrogen-bond acceptors (Lipinski definition) is 4. The predicted octanol–water partition coefficient (Wildman–Crippen LogP) is 5.48. The number of halogens is 1. The number of carbonyl (C=O) groups excluding carboxylic acids is 1. The number of benzene rings is 2. The van der Waals surface area contributed by atoms with Crippen molar-refractivity contribution >= 4 is 23.4 Å². The Morgan fingerprint density at radius 1 is 1.16 bits per heavy atom. The van der Waals surface area contributed by atoms with E-state index >= 15 is 0 Å². The predicted molar refractivity (Wildman–Crippen MR) is 123 cm³/mol. The van der Waals surface area contributed by atoms with Crippen molar-refractivity contribution in [3.63, 3.8) is 0 Å². The highest BCUT2D eigenvalue weighted by Gasteiger charge is 2.46. The molecule has 0 radical (unpaired) electrons. The van der Waals surface area contributed by atoms with Crippen LogP contribution >= 0.6 is 11.6 Å². The summed E-state index contributed by atoms with van der Waals surface area (Å²) in [6, 6.07) is 10.9. The summed E-state index contributed by atoms with van der Waals surface area (Å²) >= 11 is 6.60. The summed E-state index contributed by atoms with van der Waals surface area (Å²) in [5.41, 5.74) is 5.79. The smallest absolute Gasteiger partial charge is 0.410 e. The van der Waals surface area contributed by atoms with E-state index in [2.05, 4.69) is 17.0 Å². The molecule has 2 atom stereocenters. The highest BCUT2D eigenvalue weighted by Crippen LogP contribution is 2.51. The summed E-state index contributed by atoms with van der Waals surface area (Å²) in [4.78, 5) is 17.2. The van der Waals surface area contributed by atoms with Crippen LogP contribution in [-0.2, 0) is 11.2 Å². The van der Waals surface area contributed by atoms with E-state index in [0.717, 1.165) is 42.8 Å². The molecule has 0 N–H and O–H groups in total. The van der Waals surface area contributed by atoms with E-state index in [0.29, 0.717) is 23.5 Å². The lowest BCUT2D eigenvalue weighted by molar-refractivity contribution is 0.0189. The zero-order valence-corrected chi connectivity index (χ0v) is 19.3. The molecule has 2 aromatic carbocycles. The molecule has 1 fully saturated rings. The molecule has 5 rings (SSSR count). The minimum absolute atomic E-state index is 0.211. The van der Waals surface area contributed by atoms with Crippen LogP contribution in [0.2, 0.25) is 5.02 Å². The van der Waals surface area contributed by atoms with Crippen LogP contribution < -0.4 is 9.64 Å². The molecular formula is C25H29ClN2O3. The number of carbonyl (C=O) groups is 1. The van der Waals surface area contributed by atoms with Gasteiger partial charge in [-0.3, -0.25) is 0 Å². The van der Waals surface area contributed by atoms with Gasteiger partial charge in [-0.15, -0.1) is 0 Å². The fourth-order valence-corrected chi connectivity index (χ4v) is 5.63. The third-order valence-electron chi connectivity index (χ3n) is 6.64. The molecule has 2 aromatic rings. The summed E-state index contributed by atoms with van der Waals surface area (Å²) in [6.07, 6.45) is 1.82. The Balaban J connectivity index is 1.49. The van der Waals surface area contributed by atoms with Crippen LogP contribution in [0.25, 0.3) is 11.1 Å². The van der Waals surface area contributed by atoms with Crippen LogP contribution in [0.15, 0.2) is 30.3 Å². The quantitative estimate of drug-likeness (QED) is 0.619. The first kappa shape index (κ1) is 20.5. The largest absolute Gasteiger partial charge is 0.497 e. The van der Waals surface area contributed by atoms with E-state index < -0.39 is 5.60 Å². The van der Waals surface area contributed by atoms with Gasteiger partial charge in [0.2, 0.25) is 0 Å². The summed E-state index contributed by atoms with van der Waals surface area (Å²) in [5.74, 6) is 1.05. The van der Waals surface area contributed by atoms with Gasteiger partial charge in [0.25, 0.3) is 0 Å². The summed E-state index contributed by atoms with van der Waals surface area (Å²) in [5, 5.41) is 0.690. The van der Waals surface area contributed by atoms with Crippen LogP contribution in [0.1, 0.15) is 44.2 Å². The van der Waals surface area contributed by atoms with E-state index in [1.165, 1.54) is 16.8 Å². The van der Waals surface area contributed by atoms with Crippen LogP contribution in [0.3, 0.4) is 0 Å². The number of ether oxygens (including phenoxy) is 2. The summed E-state index contributed by atoms with van der Waals surface area (Å²) < 4.78 is 11.0. The van der Waals surface area contributed by atoms with Crippen molar-refractivity contribution in [3.05, 3.63) is 46.5 Å². The van der Waals surface area contributed by atoms with Gasteiger partial charge in [0.1, 0.15) is 11.4 Å². The van der Waals surface area contributed by atoms with Gasteiger partial charge in [-0.1, -0.05) is 11.6 Å². The zero-order valence-electron chi connectivity index (χ0n) is 18.6. The fourth-order valence-electron chi connectivity index (χ4n) is 5.35. The molecule has 0 aliphatic carbocycles. The number of likely N-dealkylation sites (tertiary alicyclic amines) is 1. The van der Waals surface area contributed by atoms with Gasteiger partial charge in [-0.2, -0.15) is 0 Å². The molecule has 0 bridgehead atoms. The minimum atomic E-state index is -0.482. The fraction of sp³-hybridized carbons (Fsp3) is 0.480. The van der Waals surface area contributed by atoms with Gasteiger partial charge in [-0.25, -0.2) is 4.79 Å². The molecule has 0 aromatic heterocycles. The van der Waals surface area contributed by atoms with Crippen molar-refractivity contribution in [2.24, 2.45) is 0 Å². The average molecular weight is 441 g/mol. The number of methoxy groups -OCH3 is 1. The summed E-state index contributed by atoms with van der Waals surface area (Å²) in [7, 11) is 1.65. The molecule has 6 heteroatoms. The van der Waals surface area contributed by atoms with E-state index in [9.17, 15) is 4.79 Å². The SMILES string of the molecule is COc1ccc(-c2cc3c4c(c2)[C@H]2CN(C(=O)OC(C)(C)C)CC[C@H]2N4CC3)c(Cl)c1. The van der Waals surface area contributed by atoms with E-state index in [1.807, 2.05) is 43.9 Å². The molecule has 164 valence electrons. The Morgan fingerprint density at radius 2 is 1.97 bits per heavy atom. The van der Waals surface area contributed by atoms with Crippen molar-refractivity contribution in [2.75, 3.05) is 31.6 Å². The number of amides is 1. The van der Waals surface area contributed by atoms with Gasteiger partial charge < -0.3 is 19.3 Å². The van der Waals surface area contributed by atoms with Crippen LogP contribution in [-0.4, -0.2) is 49.4 Å². The molecule has 3 heterocycles. The average Bonchev–Trinajstić information content (AvgIpc) is 3.28. The first-order valence-corrected chi connectivity index (χ1v) is 11.4. The zero-order chi connectivity index (χ0) is 21.9. The monoisotopic (exact) mass is 440 g/mol. The number of piperidine rings is 1. The van der Waals surface area contributed by atoms with E-state index in [4.69, 9.17) is 21.1 Å². The molecule has 1 amide bonds. The molecule has 3 aliphatic heterocycles. The Morgan fingerprint density at radius 3 is 2.68 bits per heavy atom. The summed E-state index contributed by atoms with van der Waals surface area (Å²) in [6.45, 7) is 8.24. The van der Waals surface area contributed by atoms with E-state index in [1.54, 1.807) is 7.11 Å². The Kier molecular flexibility index (Phi) is 4.85. The first-order chi connectivity index (χ1) is 14.7. The number of rotatable bonds is 2. The maximum atomic E-state index is 12.7. The third-order valence-corrected chi connectivity index (χ3v) is 6.96. The number of fused-ring (bicyclic) bond motifs is 3. The number of hydrogen-bond donors (Lipinski definition) is 0. The Bertz CT molecular complexity index is 1050. The molecule has 0 saturated carbocycles.